The van der Waals surface area contributed by atoms with E-state index in [1.54, 1.807) is 11.3 Å². The fourth-order valence-corrected chi connectivity index (χ4v) is 2.46. The minimum atomic E-state index is 0.516. The summed E-state index contributed by atoms with van der Waals surface area (Å²) in [6.07, 6.45) is 0.780. The highest BCUT2D eigenvalue weighted by atomic mass is 32.1. The molecule has 0 amide bonds. The highest BCUT2D eigenvalue weighted by Gasteiger charge is 2.12. The molecule has 6 heteroatoms. The molecule has 3 aromatic heterocycles. The van der Waals surface area contributed by atoms with E-state index in [1.807, 2.05) is 24.4 Å². The molecule has 0 radical (unpaired) electrons. The maximum atomic E-state index is 5.64. The van der Waals surface area contributed by atoms with Crippen LogP contribution in [0.1, 0.15) is 10.7 Å². The lowest BCUT2D eigenvalue weighted by atomic mass is 10.4. The molecule has 0 fully saturated rings. The molecule has 2 N–H and O–H groups in total. The number of pyridine rings is 1. The minimum Gasteiger partial charge on any atom is -0.433 e. The van der Waals surface area contributed by atoms with Crippen LogP contribution in [-0.2, 0) is 6.42 Å². The maximum Gasteiger partial charge on any atom is 0.248 e. The Bertz CT molecular complexity index is 688. The van der Waals surface area contributed by atoms with Crippen molar-refractivity contribution in [2.45, 2.75) is 13.3 Å². The van der Waals surface area contributed by atoms with E-state index in [-0.39, 0.29) is 0 Å². The molecule has 0 spiro atoms. The van der Waals surface area contributed by atoms with Gasteiger partial charge in [-0.2, -0.15) is 4.98 Å². The van der Waals surface area contributed by atoms with Gasteiger partial charge in [-0.25, -0.2) is 9.97 Å². The number of rotatable bonds is 3. The molecule has 0 bridgehead atoms. The normalized spacial score (nSPS) is 11.2. The standard InChI is InChI=1S/C12H12N4OS/c1-7-2-3-9-11(14-7)16-12(17-9)8-6-18-10(15-8)4-5-13/h2-3,6H,4-5,13H2,1H3. The summed E-state index contributed by atoms with van der Waals surface area (Å²) < 4.78 is 5.64. The van der Waals surface area contributed by atoms with Crippen LogP contribution >= 0.6 is 11.3 Å². The molecule has 3 heterocycles. The number of oxazole rings is 1. The van der Waals surface area contributed by atoms with E-state index in [9.17, 15) is 0 Å². The summed E-state index contributed by atoms with van der Waals surface area (Å²) in [5.74, 6) is 0.516. The van der Waals surface area contributed by atoms with E-state index in [0.717, 1.165) is 22.8 Å². The van der Waals surface area contributed by atoms with Crippen LogP contribution in [0, 0.1) is 6.92 Å². The van der Waals surface area contributed by atoms with E-state index >= 15 is 0 Å². The fourth-order valence-electron chi connectivity index (χ4n) is 1.67. The highest BCUT2D eigenvalue weighted by molar-refractivity contribution is 7.09. The van der Waals surface area contributed by atoms with E-state index in [4.69, 9.17) is 10.2 Å². The Morgan fingerprint density at radius 3 is 3.00 bits per heavy atom. The van der Waals surface area contributed by atoms with Crippen LogP contribution in [0.2, 0.25) is 0 Å². The van der Waals surface area contributed by atoms with Crippen molar-refractivity contribution in [1.82, 2.24) is 15.0 Å². The summed E-state index contributed by atoms with van der Waals surface area (Å²) in [6.45, 7) is 2.53. The SMILES string of the molecule is Cc1ccc2oc(-c3csc(CCN)n3)nc2n1. The zero-order chi connectivity index (χ0) is 12.5. The summed E-state index contributed by atoms with van der Waals surface area (Å²) in [5.41, 5.74) is 8.48. The van der Waals surface area contributed by atoms with Crippen molar-refractivity contribution < 1.29 is 4.42 Å². The maximum absolute atomic E-state index is 5.64. The van der Waals surface area contributed by atoms with Gasteiger partial charge in [0.15, 0.2) is 11.2 Å². The first kappa shape index (κ1) is 11.3. The van der Waals surface area contributed by atoms with Crippen LogP contribution in [0.5, 0.6) is 0 Å². The van der Waals surface area contributed by atoms with Crippen LogP contribution in [-0.4, -0.2) is 21.5 Å². The smallest absolute Gasteiger partial charge is 0.248 e. The third-order valence-corrected chi connectivity index (χ3v) is 3.43. The van der Waals surface area contributed by atoms with Gasteiger partial charge < -0.3 is 10.2 Å². The van der Waals surface area contributed by atoms with Gasteiger partial charge in [0.2, 0.25) is 5.89 Å². The first-order chi connectivity index (χ1) is 8.76. The molecule has 0 aromatic carbocycles. The lowest BCUT2D eigenvalue weighted by Crippen LogP contribution is -2.01. The monoisotopic (exact) mass is 260 g/mol. The minimum absolute atomic E-state index is 0.516. The zero-order valence-corrected chi connectivity index (χ0v) is 10.7. The van der Waals surface area contributed by atoms with Gasteiger partial charge >= 0.3 is 0 Å². The molecule has 0 unspecified atom stereocenters. The summed E-state index contributed by atoms with van der Waals surface area (Å²) in [4.78, 5) is 13.1. The summed E-state index contributed by atoms with van der Waals surface area (Å²) >= 11 is 1.57. The predicted octanol–water partition coefficient (Wildman–Crippen LogP) is 2.16. The van der Waals surface area contributed by atoms with Gasteiger partial charge in [-0.3, -0.25) is 0 Å². The van der Waals surface area contributed by atoms with Gasteiger partial charge in [0.25, 0.3) is 0 Å². The molecular weight excluding hydrogens is 248 g/mol. The number of nitrogens with zero attached hydrogens (tertiary/aromatic N) is 3. The quantitative estimate of drug-likeness (QED) is 0.780. The van der Waals surface area contributed by atoms with Gasteiger partial charge in [0.05, 0.1) is 5.01 Å². The molecule has 0 aliphatic rings. The van der Waals surface area contributed by atoms with E-state index in [0.29, 0.717) is 23.7 Å². The zero-order valence-electron chi connectivity index (χ0n) is 9.88. The third-order valence-electron chi connectivity index (χ3n) is 2.52. The van der Waals surface area contributed by atoms with Crippen LogP contribution in [0.3, 0.4) is 0 Å². The Morgan fingerprint density at radius 2 is 2.17 bits per heavy atom. The highest BCUT2D eigenvalue weighted by Crippen LogP contribution is 2.24. The lowest BCUT2D eigenvalue weighted by molar-refractivity contribution is 0.617. The number of hydrogen-bond donors (Lipinski definition) is 1. The predicted molar refractivity (Wildman–Crippen MR) is 70.4 cm³/mol. The molecule has 18 heavy (non-hydrogen) atoms. The molecule has 0 saturated carbocycles. The van der Waals surface area contributed by atoms with E-state index < -0.39 is 0 Å². The van der Waals surface area contributed by atoms with Crippen LogP contribution in [0.4, 0.5) is 0 Å². The number of nitrogens with two attached hydrogens (primary N) is 1. The van der Waals surface area contributed by atoms with Crippen molar-refractivity contribution in [1.29, 1.82) is 0 Å². The van der Waals surface area contributed by atoms with Gasteiger partial charge in [-0.15, -0.1) is 11.3 Å². The fraction of sp³-hybridized carbons (Fsp3) is 0.250. The molecule has 3 rings (SSSR count). The largest absolute Gasteiger partial charge is 0.433 e. The van der Waals surface area contributed by atoms with Crippen LogP contribution in [0.15, 0.2) is 21.9 Å². The molecule has 92 valence electrons. The van der Waals surface area contributed by atoms with E-state index in [1.165, 1.54) is 0 Å². The Labute approximate surface area is 108 Å². The van der Waals surface area contributed by atoms with Crippen LogP contribution < -0.4 is 5.73 Å². The van der Waals surface area contributed by atoms with Gasteiger partial charge in [-0.05, 0) is 25.6 Å². The Hall–Kier alpha value is -1.79. The van der Waals surface area contributed by atoms with Crippen molar-refractivity contribution in [3.63, 3.8) is 0 Å². The average Bonchev–Trinajstić information content (AvgIpc) is 2.94. The molecule has 3 aromatic rings. The number of aryl methyl sites for hydroxylation is 1. The Kier molecular flexibility index (Phi) is 2.81. The molecule has 0 aliphatic carbocycles. The first-order valence-electron chi connectivity index (χ1n) is 5.65. The average molecular weight is 260 g/mol. The summed E-state index contributed by atoms with van der Waals surface area (Å²) in [7, 11) is 0. The van der Waals surface area contributed by atoms with Crippen LogP contribution in [0.25, 0.3) is 22.8 Å². The molecule has 5 nitrogen and oxygen atoms in total. The van der Waals surface area contributed by atoms with Crippen molar-refractivity contribution >= 4 is 22.6 Å². The number of fused-ring (bicyclic) bond motifs is 1. The van der Waals surface area contributed by atoms with E-state index in [2.05, 4.69) is 15.0 Å². The number of thiazole rings is 1. The topological polar surface area (TPSA) is 77.8 Å². The second-order valence-corrected chi connectivity index (χ2v) is 4.90. The van der Waals surface area contributed by atoms with Crippen molar-refractivity contribution in [3.8, 4) is 11.6 Å². The Balaban J connectivity index is 2.02. The number of aromatic nitrogens is 3. The molecule has 0 aliphatic heterocycles. The first-order valence-corrected chi connectivity index (χ1v) is 6.53. The van der Waals surface area contributed by atoms with Gasteiger partial charge in [-0.1, -0.05) is 0 Å². The van der Waals surface area contributed by atoms with Gasteiger partial charge in [0.1, 0.15) is 5.69 Å². The Morgan fingerprint density at radius 1 is 1.28 bits per heavy atom. The lowest BCUT2D eigenvalue weighted by Gasteiger charge is -1.88. The second-order valence-electron chi connectivity index (χ2n) is 3.96. The summed E-state index contributed by atoms with van der Waals surface area (Å²) in [5, 5.41) is 2.93. The van der Waals surface area contributed by atoms with Crippen molar-refractivity contribution in [2.24, 2.45) is 5.73 Å². The molecule has 0 atom stereocenters. The summed E-state index contributed by atoms with van der Waals surface area (Å²) in [6, 6.07) is 3.78. The van der Waals surface area contributed by atoms with Crippen molar-refractivity contribution in [2.75, 3.05) is 6.54 Å². The molecule has 0 saturated heterocycles. The number of hydrogen-bond acceptors (Lipinski definition) is 6. The second kappa shape index (κ2) is 4.47. The molecular formula is C12H12N4OS. The van der Waals surface area contributed by atoms with Gasteiger partial charge in [0, 0.05) is 17.5 Å². The van der Waals surface area contributed by atoms with Crippen molar-refractivity contribution in [3.05, 3.63) is 28.2 Å². The third kappa shape index (κ3) is 2.00.